The zero-order valence-corrected chi connectivity index (χ0v) is 9.89. The standard InChI is InChI=1S/C10H13ClN4O2/c11-10-13-2-1-7(14-10)6-15-4-3-12-5-8(15)9(16)17/h1-2,8,12H,3-6H2,(H,16,17)/t8-/m1/s1. The van der Waals surface area contributed by atoms with Crippen LogP contribution in [0.5, 0.6) is 0 Å². The third kappa shape index (κ3) is 3.12. The summed E-state index contributed by atoms with van der Waals surface area (Å²) < 4.78 is 0. The van der Waals surface area contributed by atoms with Crippen molar-refractivity contribution in [1.29, 1.82) is 0 Å². The van der Waals surface area contributed by atoms with Crippen LogP contribution in [0, 0.1) is 0 Å². The van der Waals surface area contributed by atoms with E-state index in [0.717, 1.165) is 12.2 Å². The van der Waals surface area contributed by atoms with E-state index in [9.17, 15) is 4.79 Å². The molecule has 0 amide bonds. The van der Waals surface area contributed by atoms with Gasteiger partial charge in [0.25, 0.3) is 0 Å². The van der Waals surface area contributed by atoms with Crippen LogP contribution >= 0.6 is 11.6 Å². The van der Waals surface area contributed by atoms with Crippen molar-refractivity contribution in [2.24, 2.45) is 0 Å². The van der Waals surface area contributed by atoms with Gasteiger partial charge in [-0.3, -0.25) is 9.69 Å². The number of hydrogen-bond acceptors (Lipinski definition) is 5. The molecule has 1 atom stereocenters. The highest BCUT2D eigenvalue weighted by Gasteiger charge is 2.28. The Morgan fingerprint density at radius 1 is 1.71 bits per heavy atom. The molecule has 6 nitrogen and oxygen atoms in total. The number of carboxylic acids is 1. The van der Waals surface area contributed by atoms with Gasteiger partial charge in [-0.2, -0.15) is 0 Å². The van der Waals surface area contributed by atoms with Gasteiger partial charge in [-0.1, -0.05) is 0 Å². The highest BCUT2D eigenvalue weighted by atomic mass is 35.5. The van der Waals surface area contributed by atoms with Gasteiger partial charge in [-0.15, -0.1) is 0 Å². The molecule has 1 aromatic rings. The first-order valence-corrected chi connectivity index (χ1v) is 5.69. The maximum absolute atomic E-state index is 11.1. The lowest BCUT2D eigenvalue weighted by Gasteiger charge is -2.32. The number of piperazine rings is 1. The number of carbonyl (C=O) groups is 1. The summed E-state index contributed by atoms with van der Waals surface area (Å²) in [5.41, 5.74) is 0.734. The SMILES string of the molecule is O=C(O)[C@H]1CNCCN1Cc1ccnc(Cl)n1. The second-order valence-corrected chi connectivity index (χ2v) is 4.18. The smallest absolute Gasteiger partial charge is 0.322 e. The van der Waals surface area contributed by atoms with E-state index in [1.165, 1.54) is 0 Å². The molecule has 2 rings (SSSR count). The van der Waals surface area contributed by atoms with Crippen molar-refractivity contribution >= 4 is 17.6 Å². The van der Waals surface area contributed by atoms with Gasteiger partial charge < -0.3 is 10.4 Å². The third-order valence-electron chi connectivity index (χ3n) is 2.69. The molecular formula is C10H13ClN4O2. The van der Waals surface area contributed by atoms with E-state index in [2.05, 4.69) is 15.3 Å². The Bertz CT molecular complexity index is 415. The molecule has 17 heavy (non-hydrogen) atoms. The van der Waals surface area contributed by atoms with Crippen molar-refractivity contribution in [3.05, 3.63) is 23.2 Å². The van der Waals surface area contributed by atoms with E-state index < -0.39 is 12.0 Å². The molecule has 2 N–H and O–H groups in total. The molecule has 2 heterocycles. The summed E-state index contributed by atoms with van der Waals surface area (Å²) in [4.78, 5) is 20.8. The average molecular weight is 257 g/mol. The number of nitrogens with zero attached hydrogens (tertiary/aromatic N) is 3. The van der Waals surface area contributed by atoms with Crippen LogP contribution in [0.15, 0.2) is 12.3 Å². The van der Waals surface area contributed by atoms with Crippen LogP contribution in [-0.2, 0) is 11.3 Å². The minimum absolute atomic E-state index is 0.185. The molecule has 0 radical (unpaired) electrons. The number of hydrogen-bond donors (Lipinski definition) is 2. The van der Waals surface area contributed by atoms with Crippen LogP contribution < -0.4 is 5.32 Å². The fourth-order valence-corrected chi connectivity index (χ4v) is 2.01. The van der Waals surface area contributed by atoms with Crippen molar-refractivity contribution in [2.75, 3.05) is 19.6 Å². The maximum Gasteiger partial charge on any atom is 0.322 e. The van der Waals surface area contributed by atoms with Gasteiger partial charge >= 0.3 is 5.97 Å². The Morgan fingerprint density at radius 2 is 2.53 bits per heavy atom. The number of aromatic nitrogens is 2. The van der Waals surface area contributed by atoms with Gasteiger partial charge in [0.15, 0.2) is 0 Å². The van der Waals surface area contributed by atoms with Gasteiger partial charge in [0.2, 0.25) is 5.28 Å². The molecule has 7 heteroatoms. The predicted molar refractivity (Wildman–Crippen MR) is 61.7 cm³/mol. The first kappa shape index (κ1) is 12.2. The van der Waals surface area contributed by atoms with Crippen molar-refractivity contribution < 1.29 is 9.90 Å². The highest BCUT2D eigenvalue weighted by molar-refractivity contribution is 6.28. The van der Waals surface area contributed by atoms with E-state index in [4.69, 9.17) is 16.7 Å². The zero-order valence-electron chi connectivity index (χ0n) is 9.14. The van der Waals surface area contributed by atoms with Crippen LogP contribution in [0.3, 0.4) is 0 Å². The molecule has 0 bridgehead atoms. The summed E-state index contributed by atoms with van der Waals surface area (Å²) in [6.45, 7) is 2.39. The zero-order chi connectivity index (χ0) is 12.3. The Balaban J connectivity index is 2.08. The lowest BCUT2D eigenvalue weighted by molar-refractivity contribution is -0.144. The molecule has 1 fully saturated rings. The summed E-state index contributed by atoms with van der Waals surface area (Å²) in [5, 5.41) is 12.3. The fraction of sp³-hybridized carbons (Fsp3) is 0.500. The minimum atomic E-state index is -0.822. The van der Waals surface area contributed by atoms with Crippen LogP contribution in [-0.4, -0.2) is 51.6 Å². The number of halogens is 1. The normalized spacial score (nSPS) is 21.4. The monoisotopic (exact) mass is 256 g/mol. The minimum Gasteiger partial charge on any atom is -0.480 e. The molecule has 0 unspecified atom stereocenters. The lowest BCUT2D eigenvalue weighted by atomic mass is 10.2. The number of nitrogens with one attached hydrogen (secondary N) is 1. The first-order chi connectivity index (χ1) is 8.16. The molecule has 1 aliphatic rings. The Morgan fingerprint density at radius 3 is 3.24 bits per heavy atom. The van der Waals surface area contributed by atoms with E-state index in [0.29, 0.717) is 19.6 Å². The maximum atomic E-state index is 11.1. The second-order valence-electron chi connectivity index (χ2n) is 3.85. The molecule has 92 valence electrons. The molecular weight excluding hydrogens is 244 g/mol. The Hall–Kier alpha value is -1.24. The number of rotatable bonds is 3. The van der Waals surface area contributed by atoms with E-state index >= 15 is 0 Å². The van der Waals surface area contributed by atoms with E-state index in [-0.39, 0.29) is 5.28 Å². The van der Waals surface area contributed by atoms with Gasteiger partial charge in [-0.05, 0) is 17.7 Å². The number of aliphatic carboxylic acids is 1. The van der Waals surface area contributed by atoms with Gasteiger partial charge in [0.1, 0.15) is 6.04 Å². The third-order valence-corrected chi connectivity index (χ3v) is 2.87. The molecule has 1 saturated heterocycles. The van der Waals surface area contributed by atoms with Crippen LogP contribution in [0.2, 0.25) is 5.28 Å². The van der Waals surface area contributed by atoms with Gasteiger partial charge in [0, 0.05) is 32.4 Å². The topological polar surface area (TPSA) is 78.4 Å². The van der Waals surface area contributed by atoms with E-state index in [1.807, 2.05) is 4.90 Å². The fourth-order valence-electron chi connectivity index (χ4n) is 1.84. The Labute approximate surface area is 104 Å². The summed E-state index contributed by atoms with van der Waals surface area (Å²) in [6, 6.07) is 1.23. The predicted octanol–water partition coefficient (Wildman–Crippen LogP) is -0.0116. The molecule has 1 aromatic heterocycles. The summed E-state index contributed by atoms with van der Waals surface area (Å²) >= 11 is 5.69. The van der Waals surface area contributed by atoms with Crippen molar-refractivity contribution in [3.63, 3.8) is 0 Å². The summed E-state index contributed by atoms with van der Waals surface area (Å²) in [7, 11) is 0. The summed E-state index contributed by atoms with van der Waals surface area (Å²) in [6.07, 6.45) is 1.57. The summed E-state index contributed by atoms with van der Waals surface area (Å²) in [5.74, 6) is -0.822. The van der Waals surface area contributed by atoms with Crippen LogP contribution in [0.4, 0.5) is 0 Å². The number of carboxylic acid groups (broad SMARTS) is 1. The van der Waals surface area contributed by atoms with Crippen LogP contribution in [0.1, 0.15) is 5.69 Å². The van der Waals surface area contributed by atoms with Gasteiger partial charge in [-0.25, -0.2) is 9.97 Å². The second kappa shape index (κ2) is 5.39. The van der Waals surface area contributed by atoms with Crippen molar-refractivity contribution in [2.45, 2.75) is 12.6 Å². The molecule has 0 spiro atoms. The Kier molecular flexibility index (Phi) is 3.88. The van der Waals surface area contributed by atoms with Crippen LogP contribution in [0.25, 0.3) is 0 Å². The average Bonchev–Trinajstić information content (AvgIpc) is 2.29. The largest absolute Gasteiger partial charge is 0.480 e. The quantitative estimate of drug-likeness (QED) is 0.741. The van der Waals surface area contributed by atoms with E-state index in [1.54, 1.807) is 12.3 Å². The molecule has 0 aliphatic carbocycles. The molecule has 1 aliphatic heterocycles. The molecule has 0 saturated carbocycles. The van der Waals surface area contributed by atoms with Gasteiger partial charge in [0.05, 0.1) is 5.69 Å². The van der Waals surface area contributed by atoms with Crippen molar-refractivity contribution in [3.8, 4) is 0 Å². The van der Waals surface area contributed by atoms with Crippen molar-refractivity contribution in [1.82, 2.24) is 20.2 Å². The lowest BCUT2D eigenvalue weighted by Crippen LogP contribution is -2.54. The highest BCUT2D eigenvalue weighted by Crippen LogP contribution is 2.10. The molecule has 0 aromatic carbocycles. The first-order valence-electron chi connectivity index (χ1n) is 5.32.